The van der Waals surface area contributed by atoms with Crippen molar-refractivity contribution in [2.24, 2.45) is 4.99 Å². The first-order valence-corrected chi connectivity index (χ1v) is 9.01. The largest absolute Gasteiger partial charge is 0.434 e. The minimum atomic E-state index is -4.40. The zero-order chi connectivity index (χ0) is 17.6. The highest BCUT2D eigenvalue weighted by Crippen LogP contribution is 2.29. The summed E-state index contributed by atoms with van der Waals surface area (Å²) >= 11 is 2.65. The molecule has 0 unspecified atom stereocenters. The summed E-state index contributed by atoms with van der Waals surface area (Å²) in [5.74, 6) is 0.519. The molecular weight excluding hydrogens is 486 g/mol. The Bertz CT molecular complexity index is 684. The molecule has 11 heteroatoms. The molecule has 25 heavy (non-hydrogen) atoms. The van der Waals surface area contributed by atoms with Gasteiger partial charge in [0.1, 0.15) is 5.01 Å². The van der Waals surface area contributed by atoms with Gasteiger partial charge in [0.05, 0.1) is 11.6 Å². The van der Waals surface area contributed by atoms with Crippen molar-refractivity contribution in [1.29, 1.82) is 0 Å². The van der Waals surface area contributed by atoms with Gasteiger partial charge in [0.25, 0.3) is 0 Å². The van der Waals surface area contributed by atoms with Gasteiger partial charge in [0, 0.05) is 36.5 Å². The highest BCUT2D eigenvalue weighted by Gasteiger charge is 2.33. The Kier molecular flexibility index (Phi) is 9.07. The van der Waals surface area contributed by atoms with Crippen LogP contribution in [0.2, 0.25) is 0 Å². The number of halogens is 4. The standard InChI is InChI=1S/C14H18F3N5S2.HI/c1-3-9-6-20-11(24-9)4-5-19-13(18-2)21-7-12-22-10(8-23-12)14(15,16)17;/h6,8H,3-5,7H2,1-2H3,(H2,18,19,21);1H. The quantitative estimate of drug-likeness (QED) is 0.357. The van der Waals surface area contributed by atoms with Crippen LogP contribution in [0.25, 0.3) is 0 Å². The molecular formula is C14H19F3IN5S2. The van der Waals surface area contributed by atoms with E-state index in [9.17, 15) is 13.2 Å². The number of thiazole rings is 2. The van der Waals surface area contributed by atoms with E-state index in [1.54, 1.807) is 18.4 Å². The van der Waals surface area contributed by atoms with Crippen molar-refractivity contribution in [1.82, 2.24) is 20.6 Å². The van der Waals surface area contributed by atoms with Gasteiger partial charge in [-0.15, -0.1) is 46.7 Å². The predicted octanol–water partition coefficient (Wildman–Crippen LogP) is 3.71. The summed E-state index contributed by atoms with van der Waals surface area (Å²) in [6.07, 6.45) is -0.781. The first kappa shape index (κ1) is 22.1. The van der Waals surface area contributed by atoms with Crippen LogP contribution in [0.15, 0.2) is 16.6 Å². The number of guanidine groups is 1. The van der Waals surface area contributed by atoms with Crippen LogP contribution in [0.1, 0.15) is 27.5 Å². The van der Waals surface area contributed by atoms with Gasteiger partial charge in [0.2, 0.25) is 0 Å². The van der Waals surface area contributed by atoms with Crippen molar-refractivity contribution >= 4 is 52.6 Å². The fourth-order valence-electron chi connectivity index (χ4n) is 1.82. The summed E-state index contributed by atoms with van der Waals surface area (Å²) in [7, 11) is 1.61. The lowest BCUT2D eigenvalue weighted by Gasteiger charge is -2.10. The average Bonchev–Trinajstić information content (AvgIpc) is 3.19. The Morgan fingerprint density at radius 2 is 2.04 bits per heavy atom. The number of aromatic nitrogens is 2. The molecule has 0 saturated heterocycles. The fourth-order valence-corrected chi connectivity index (χ4v) is 3.42. The molecule has 0 aromatic carbocycles. The van der Waals surface area contributed by atoms with Gasteiger partial charge in [0.15, 0.2) is 11.7 Å². The molecule has 2 aromatic rings. The van der Waals surface area contributed by atoms with Gasteiger partial charge in [-0.3, -0.25) is 4.99 Å². The molecule has 0 amide bonds. The van der Waals surface area contributed by atoms with Crippen LogP contribution in [-0.2, 0) is 25.6 Å². The van der Waals surface area contributed by atoms with Gasteiger partial charge < -0.3 is 10.6 Å². The van der Waals surface area contributed by atoms with Crippen LogP contribution < -0.4 is 10.6 Å². The molecule has 0 radical (unpaired) electrons. The maximum absolute atomic E-state index is 12.5. The van der Waals surface area contributed by atoms with E-state index < -0.39 is 11.9 Å². The molecule has 2 N–H and O–H groups in total. The maximum atomic E-state index is 12.5. The summed E-state index contributed by atoms with van der Waals surface area (Å²) in [6.45, 7) is 2.92. The van der Waals surface area contributed by atoms with Gasteiger partial charge in [-0.2, -0.15) is 13.2 Å². The molecule has 0 atom stereocenters. The van der Waals surface area contributed by atoms with E-state index in [4.69, 9.17) is 0 Å². The topological polar surface area (TPSA) is 62.2 Å². The van der Waals surface area contributed by atoms with Crippen LogP contribution in [0, 0.1) is 0 Å². The second kappa shape index (κ2) is 10.3. The van der Waals surface area contributed by atoms with Crippen LogP contribution in [0.3, 0.4) is 0 Å². The summed E-state index contributed by atoms with van der Waals surface area (Å²) in [5, 5.41) is 8.49. The van der Waals surface area contributed by atoms with E-state index in [1.165, 1.54) is 4.88 Å². The molecule has 0 fully saturated rings. The number of hydrogen-bond donors (Lipinski definition) is 2. The second-order valence-corrected chi connectivity index (χ2v) is 6.94. The van der Waals surface area contributed by atoms with Crippen molar-refractivity contribution in [3.63, 3.8) is 0 Å². The number of aliphatic imine (C=N–C) groups is 1. The molecule has 2 heterocycles. The normalized spacial score (nSPS) is 12.0. The Labute approximate surface area is 169 Å². The van der Waals surface area contributed by atoms with Crippen LogP contribution in [0.5, 0.6) is 0 Å². The van der Waals surface area contributed by atoms with Gasteiger partial charge in [-0.25, -0.2) is 9.97 Å². The molecule has 0 spiro atoms. The SMILES string of the molecule is CCc1cnc(CCNC(=NC)NCc2nc(C(F)(F)F)cs2)s1.I. The number of rotatable bonds is 6. The monoisotopic (exact) mass is 505 g/mol. The highest BCUT2D eigenvalue weighted by atomic mass is 127. The predicted molar refractivity (Wildman–Crippen MR) is 106 cm³/mol. The highest BCUT2D eigenvalue weighted by molar-refractivity contribution is 14.0. The lowest BCUT2D eigenvalue weighted by atomic mass is 10.4. The van der Waals surface area contributed by atoms with E-state index in [0.717, 1.165) is 34.6 Å². The minimum Gasteiger partial charge on any atom is -0.356 e. The van der Waals surface area contributed by atoms with Crippen LogP contribution >= 0.6 is 46.7 Å². The zero-order valence-electron chi connectivity index (χ0n) is 13.7. The molecule has 0 aliphatic heterocycles. The Morgan fingerprint density at radius 1 is 1.28 bits per heavy atom. The fraction of sp³-hybridized carbons (Fsp3) is 0.500. The number of alkyl halides is 3. The maximum Gasteiger partial charge on any atom is 0.434 e. The van der Waals surface area contributed by atoms with Gasteiger partial charge in [-0.1, -0.05) is 6.92 Å². The van der Waals surface area contributed by atoms with Crippen molar-refractivity contribution in [2.45, 2.75) is 32.5 Å². The van der Waals surface area contributed by atoms with Crippen LogP contribution in [-0.4, -0.2) is 29.5 Å². The lowest BCUT2D eigenvalue weighted by molar-refractivity contribution is -0.140. The summed E-state index contributed by atoms with van der Waals surface area (Å²) in [4.78, 5) is 13.2. The van der Waals surface area contributed by atoms with Crippen molar-refractivity contribution in [3.05, 3.63) is 32.2 Å². The smallest absolute Gasteiger partial charge is 0.356 e. The molecule has 0 bridgehead atoms. The first-order valence-electron chi connectivity index (χ1n) is 7.32. The minimum absolute atomic E-state index is 0. The summed E-state index contributed by atoms with van der Waals surface area (Å²) in [5.41, 5.74) is -0.859. The number of hydrogen-bond acceptors (Lipinski definition) is 5. The third-order valence-corrected chi connectivity index (χ3v) is 5.10. The van der Waals surface area contributed by atoms with Gasteiger partial charge >= 0.3 is 6.18 Å². The lowest BCUT2D eigenvalue weighted by Crippen LogP contribution is -2.37. The molecule has 2 aromatic heterocycles. The summed E-state index contributed by atoms with van der Waals surface area (Å²) < 4.78 is 37.5. The Balaban J connectivity index is 0.00000312. The third-order valence-electron chi connectivity index (χ3n) is 3.05. The molecule has 0 aliphatic rings. The molecule has 0 saturated carbocycles. The number of aryl methyl sites for hydroxylation is 1. The van der Waals surface area contributed by atoms with E-state index in [0.29, 0.717) is 17.5 Å². The van der Waals surface area contributed by atoms with E-state index >= 15 is 0 Å². The molecule has 2 rings (SSSR count). The molecule has 140 valence electrons. The van der Waals surface area contributed by atoms with Crippen molar-refractivity contribution in [2.75, 3.05) is 13.6 Å². The van der Waals surface area contributed by atoms with E-state index in [2.05, 4.69) is 32.5 Å². The van der Waals surface area contributed by atoms with Crippen LogP contribution in [0.4, 0.5) is 13.2 Å². The first-order chi connectivity index (χ1) is 11.4. The molecule has 5 nitrogen and oxygen atoms in total. The van der Waals surface area contributed by atoms with E-state index in [1.807, 2.05) is 6.20 Å². The third kappa shape index (κ3) is 7.05. The van der Waals surface area contributed by atoms with Crippen molar-refractivity contribution < 1.29 is 13.2 Å². The number of nitrogens with zero attached hydrogens (tertiary/aromatic N) is 3. The number of nitrogens with one attached hydrogen (secondary N) is 2. The van der Waals surface area contributed by atoms with E-state index in [-0.39, 0.29) is 30.5 Å². The van der Waals surface area contributed by atoms with Gasteiger partial charge in [-0.05, 0) is 6.42 Å². The van der Waals surface area contributed by atoms with Crippen molar-refractivity contribution in [3.8, 4) is 0 Å². The Hall–Kier alpha value is -0.950. The molecule has 0 aliphatic carbocycles. The zero-order valence-corrected chi connectivity index (χ0v) is 17.6. The Morgan fingerprint density at radius 3 is 2.60 bits per heavy atom. The second-order valence-electron chi connectivity index (χ2n) is 4.80. The summed E-state index contributed by atoms with van der Waals surface area (Å²) in [6, 6.07) is 0. The average molecular weight is 505 g/mol.